The minimum absolute atomic E-state index is 0.140. The Morgan fingerprint density at radius 3 is 2.82 bits per heavy atom. The van der Waals surface area contributed by atoms with Gasteiger partial charge in [0.25, 0.3) is 0 Å². The number of nitrogens with one attached hydrogen (secondary N) is 1. The smallest absolute Gasteiger partial charge is 0.207 e. The molecule has 1 aromatic carbocycles. The highest BCUT2D eigenvalue weighted by atomic mass is 16.5. The third-order valence-corrected chi connectivity index (χ3v) is 3.70. The number of carbonyl (C=O) groups is 1. The van der Waals surface area contributed by atoms with Crippen molar-refractivity contribution in [3.05, 3.63) is 48.4 Å². The maximum absolute atomic E-state index is 10.8. The van der Waals surface area contributed by atoms with Crippen molar-refractivity contribution in [2.75, 3.05) is 18.0 Å². The van der Waals surface area contributed by atoms with Crippen LogP contribution in [0.25, 0.3) is 0 Å². The lowest BCUT2D eigenvalue weighted by molar-refractivity contribution is -0.110. The van der Waals surface area contributed by atoms with Gasteiger partial charge in [-0.2, -0.15) is 0 Å². The second kappa shape index (κ2) is 6.43. The lowest BCUT2D eigenvalue weighted by Crippen LogP contribution is -2.54. The summed E-state index contributed by atoms with van der Waals surface area (Å²) in [7, 11) is 0. The topological polar surface area (TPSA) is 67.3 Å². The van der Waals surface area contributed by atoms with E-state index < -0.39 is 6.39 Å². The first-order valence-corrected chi connectivity index (χ1v) is 7.16. The van der Waals surface area contributed by atoms with E-state index in [4.69, 9.17) is 6.11 Å². The Hall–Kier alpha value is -2.63. The lowest BCUT2D eigenvalue weighted by Gasteiger charge is -2.39. The molecule has 2 heterocycles. The maximum atomic E-state index is 10.8. The number of ether oxygens (including phenoxy) is 1. The number of hydrogen-bond acceptors (Lipinski definition) is 5. The second-order valence-electron chi connectivity index (χ2n) is 5.25. The molecule has 6 heteroatoms. The van der Waals surface area contributed by atoms with Crippen molar-refractivity contribution in [3.63, 3.8) is 0 Å². The summed E-state index contributed by atoms with van der Waals surface area (Å²) in [6.07, 6.45) is 2.63. The van der Waals surface area contributed by atoms with Crippen LogP contribution < -0.4 is 15.0 Å². The van der Waals surface area contributed by atoms with Crippen molar-refractivity contribution in [2.45, 2.75) is 19.1 Å². The number of amides is 1. The minimum Gasteiger partial charge on any atom is -0.487 e. The van der Waals surface area contributed by atoms with Crippen LogP contribution in [-0.2, 0) is 4.79 Å². The van der Waals surface area contributed by atoms with Crippen LogP contribution in [0.15, 0.2) is 42.9 Å². The molecule has 0 bridgehead atoms. The number of hydrogen-bond donors (Lipinski definition) is 1. The molecule has 0 radical (unpaired) electrons. The SMILES string of the molecule is [3H]C(=O)NC(C)c1ccc(OC2CN(c3ccncn3)C2)cc1. The molecule has 1 N–H and O–H groups in total. The third kappa shape index (κ3) is 3.16. The number of carbonyl (C=O) groups excluding carboxylic acids is 1. The minimum atomic E-state index is -0.780. The van der Waals surface area contributed by atoms with Crippen molar-refractivity contribution < 1.29 is 10.9 Å². The van der Waals surface area contributed by atoms with Crippen LogP contribution >= 0.6 is 0 Å². The average molecular weight is 300 g/mol. The monoisotopic (exact) mass is 300 g/mol. The predicted octanol–water partition coefficient (Wildman–Crippen LogP) is 1.55. The quantitative estimate of drug-likeness (QED) is 0.849. The molecule has 22 heavy (non-hydrogen) atoms. The van der Waals surface area contributed by atoms with Gasteiger partial charge in [0.1, 0.15) is 25.4 Å². The zero-order chi connectivity index (χ0) is 16.2. The summed E-state index contributed by atoms with van der Waals surface area (Å²) in [5.41, 5.74) is 0.939. The second-order valence-corrected chi connectivity index (χ2v) is 5.25. The molecule has 1 fully saturated rings. The van der Waals surface area contributed by atoms with Gasteiger partial charge in [0.15, 0.2) is 0 Å². The Balaban J connectivity index is 1.51. The van der Waals surface area contributed by atoms with Gasteiger partial charge in [-0.15, -0.1) is 0 Å². The van der Waals surface area contributed by atoms with Gasteiger partial charge in [0, 0.05) is 6.20 Å². The molecule has 1 aliphatic rings. The highest BCUT2D eigenvalue weighted by Crippen LogP contribution is 2.23. The fourth-order valence-corrected chi connectivity index (χ4v) is 2.37. The summed E-state index contributed by atoms with van der Waals surface area (Å²) in [4.78, 5) is 21.0. The number of aromatic nitrogens is 2. The molecule has 1 unspecified atom stereocenters. The van der Waals surface area contributed by atoms with E-state index in [9.17, 15) is 4.79 Å². The van der Waals surface area contributed by atoms with Crippen LogP contribution in [0.4, 0.5) is 5.82 Å². The average Bonchev–Trinajstić information content (AvgIpc) is 2.51. The molecular formula is C16H18N4O2. The largest absolute Gasteiger partial charge is 0.487 e. The Kier molecular flexibility index (Phi) is 3.81. The molecule has 0 aliphatic carbocycles. The molecule has 1 saturated heterocycles. The van der Waals surface area contributed by atoms with Crippen molar-refractivity contribution >= 4 is 12.2 Å². The molecule has 1 amide bonds. The van der Waals surface area contributed by atoms with Crippen molar-refractivity contribution in [2.24, 2.45) is 0 Å². The van der Waals surface area contributed by atoms with E-state index >= 15 is 0 Å². The van der Waals surface area contributed by atoms with Crippen LogP contribution in [0.3, 0.4) is 0 Å². The van der Waals surface area contributed by atoms with Gasteiger partial charge in [-0.1, -0.05) is 12.1 Å². The molecule has 0 saturated carbocycles. The summed E-state index contributed by atoms with van der Waals surface area (Å²) < 4.78 is 12.8. The molecule has 6 nitrogen and oxygen atoms in total. The maximum Gasteiger partial charge on any atom is 0.207 e. The molecule has 1 atom stereocenters. The number of benzene rings is 1. The van der Waals surface area contributed by atoms with Crippen LogP contribution in [-0.4, -0.2) is 35.5 Å². The van der Waals surface area contributed by atoms with Crippen molar-refractivity contribution in [1.82, 2.24) is 15.3 Å². The summed E-state index contributed by atoms with van der Waals surface area (Å²) in [5.74, 6) is 1.71. The molecular weight excluding hydrogens is 280 g/mol. The first kappa shape index (κ1) is 13.1. The van der Waals surface area contributed by atoms with Gasteiger partial charge in [-0.3, -0.25) is 4.79 Å². The Bertz CT molecular complexity index is 660. The van der Waals surface area contributed by atoms with Gasteiger partial charge < -0.3 is 15.0 Å². The molecule has 1 aliphatic heterocycles. The highest BCUT2D eigenvalue weighted by Gasteiger charge is 2.29. The summed E-state index contributed by atoms with van der Waals surface area (Å²) in [6.45, 7) is 3.43. The number of anilines is 1. The molecule has 2 aromatic rings. The highest BCUT2D eigenvalue weighted by molar-refractivity contribution is 5.48. The third-order valence-electron chi connectivity index (χ3n) is 3.70. The standard InChI is InChI=1S/C16H18N4O2/c1-12(19-11-21)13-2-4-14(5-3-13)22-15-8-20(9-15)16-6-7-17-10-18-16/h2-7,10-12,15H,8-9H2,1H3,(H,19,21)/i11T. The normalized spacial score (nSPS) is 16.4. The van der Waals surface area contributed by atoms with E-state index in [-0.39, 0.29) is 12.1 Å². The van der Waals surface area contributed by atoms with Gasteiger partial charge in [-0.25, -0.2) is 9.97 Å². The predicted molar refractivity (Wildman–Crippen MR) is 82.7 cm³/mol. The zero-order valence-electron chi connectivity index (χ0n) is 13.3. The van der Waals surface area contributed by atoms with E-state index in [2.05, 4.69) is 20.2 Å². The van der Waals surface area contributed by atoms with Crippen LogP contribution in [0, 0.1) is 0 Å². The first-order chi connectivity index (χ1) is 11.1. The van der Waals surface area contributed by atoms with Crippen molar-refractivity contribution in [1.29, 1.82) is 0 Å². The van der Waals surface area contributed by atoms with Gasteiger partial charge in [0.05, 0.1) is 19.1 Å². The fourth-order valence-electron chi connectivity index (χ4n) is 2.37. The Labute approximate surface area is 130 Å². The van der Waals surface area contributed by atoms with Crippen LogP contribution in [0.2, 0.25) is 0 Å². The van der Waals surface area contributed by atoms with E-state index in [1.165, 1.54) is 0 Å². The number of nitrogens with zero attached hydrogens (tertiary/aromatic N) is 3. The first-order valence-electron chi connectivity index (χ1n) is 7.66. The molecule has 1 aromatic heterocycles. The molecule has 0 spiro atoms. The van der Waals surface area contributed by atoms with Crippen LogP contribution in [0.1, 0.15) is 19.9 Å². The van der Waals surface area contributed by atoms with E-state index in [1.807, 2.05) is 37.3 Å². The summed E-state index contributed by atoms with van der Waals surface area (Å²) >= 11 is 0. The van der Waals surface area contributed by atoms with Crippen molar-refractivity contribution in [3.8, 4) is 5.75 Å². The Morgan fingerprint density at radius 2 is 2.18 bits per heavy atom. The van der Waals surface area contributed by atoms with Gasteiger partial charge in [0.2, 0.25) is 6.39 Å². The molecule has 3 rings (SSSR count). The van der Waals surface area contributed by atoms with Crippen LogP contribution in [0.5, 0.6) is 5.75 Å². The lowest BCUT2D eigenvalue weighted by atomic mass is 10.1. The molecule has 114 valence electrons. The van der Waals surface area contributed by atoms with Gasteiger partial charge in [-0.05, 0) is 30.7 Å². The zero-order valence-corrected chi connectivity index (χ0v) is 12.3. The van der Waals surface area contributed by atoms with E-state index in [0.29, 0.717) is 0 Å². The number of rotatable bonds is 5. The van der Waals surface area contributed by atoms with E-state index in [1.54, 1.807) is 12.5 Å². The summed E-state index contributed by atoms with van der Waals surface area (Å²) in [6, 6.07) is 9.26. The summed E-state index contributed by atoms with van der Waals surface area (Å²) in [5, 5.41) is 2.53. The Morgan fingerprint density at radius 1 is 1.41 bits per heavy atom. The van der Waals surface area contributed by atoms with Gasteiger partial charge >= 0.3 is 0 Å². The van der Waals surface area contributed by atoms with E-state index in [0.717, 1.165) is 30.2 Å². The fraction of sp³-hybridized carbons (Fsp3) is 0.312.